The molecule has 0 aliphatic carbocycles. The fourth-order valence-corrected chi connectivity index (χ4v) is 3.18. The van der Waals surface area contributed by atoms with Gasteiger partial charge in [0.05, 0.1) is 12.5 Å². The van der Waals surface area contributed by atoms with Crippen molar-refractivity contribution in [2.45, 2.75) is 25.4 Å². The van der Waals surface area contributed by atoms with Crippen molar-refractivity contribution < 1.29 is 14.3 Å². The van der Waals surface area contributed by atoms with Crippen molar-refractivity contribution in [2.24, 2.45) is 0 Å². The standard InChI is InChI=1S/C24H24O3/c1-24(23(25)26-2,21-11-7-4-8-12-21)17-19-13-15-22(16-14-19)27-18-20-9-5-3-6-10-20/h3-16H,17-18H2,1-2H3. The van der Waals surface area contributed by atoms with Gasteiger partial charge in [-0.15, -0.1) is 0 Å². The van der Waals surface area contributed by atoms with Gasteiger partial charge in [0.25, 0.3) is 0 Å². The van der Waals surface area contributed by atoms with E-state index < -0.39 is 5.41 Å². The summed E-state index contributed by atoms with van der Waals surface area (Å²) >= 11 is 0. The van der Waals surface area contributed by atoms with Crippen LogP contribution in [0.25, 0.3) is 0 Å². The molecule has 3 aromatic rings. The van der Waals surface area contributed by atoms with Crippen molar-refractivity contribution >= 4 is 5.97 Å². The second kappa shape index (κ2) is 8.54. The van der Waals surface area contributed by atoms with Crippen molar-refractivity contribution in [1.29, 1.82) is 0 Å². The van der Waals surface area contributed by atoms with Gasteiger partial charge in [-0.05, 0) is 42.2 Å². The van der Waals surface area contributed by atoms with Gasteiger partial charge < -0.3 is 9.47 Å². The minimum atomic E-state index is -0.734. The summed E-state index contributed by atoms with van der Waals surface area (Å²) in [5.41, 5.74) is 2.39. The van der Waals surface area contributed by atoms with Crippen LogP contribution in [-0.4, -0.2) is 13.1 Å². The lowest BCUT2D eigenvalue weighted by atomic mass is 9.77. The maximum atomic E-state index is 12.5. The number of hydrogen-bond donors (Lipinski definition) is 0. The van der Waals surface area contributed by atoms with E-state index in [9.17, 15) is 4.79 Å². The fraction of sp³-hybridized carbons (Fsp3) is 0.208. The maximum Gasteiger partial charge on any atom is 0.316 e. The third kappa shape index (κ3) is 4.56. The smallest absolute Gasteiger partial charge is 0.316 e. The second-order valence-corrected chi connectivity index (χ2v) is 6.78. The molecule has 0 aromatic heterocycles. The Labute approximate surface area is 160 Å². The van der Waals surface area contributed by atoms with E-state index in [2.05, 4.69) is 0 Å². The van der Waals surface area contributed by atoms with Gasteiger partial charge in [-0.25, -0.2) is 0 Å². The Morgan fingerprint density at radius 3 is 2.00 bits per heavy atom. The molecule has 0 radical (unpaired) electrons. The normalized spacial score (nSPS) is 12.8. The van der Waals surface area contributed by atoms with Crippen molar-refractivity contribution in [2.75, 3.05) is 7.11 Å². The van der Waals surface area contributed by atoms with Gasteiger partial charge in [0.15, 0.2) is 0 Å². The molecule has 0 aliphatic rings. The van der Waals surface area contributed by atoms with Gasteiger partial charge in [0, 0.05) is 0 Å². The first kappa shape index (κ1) is 18.7. The molecule has 3 rings (SSSR count). The minimum absolute atomic E-state index is 0.238. The van der Waals surface area contributed by atoms with Crippen molar-refractivity contribution in [3.63, 3.8) is 0 Å². The average molecular weight is 360 g/mol. The van der Waals surface area contributed by atoms with Crippen LogP contribution >= 0.6 is 0 Å². The molecule has 0 bridgehead atoms. The van der Waals surface area contributed by atoms with Crippen LogP contribution < -0.4 is 4.74 Å². The van der Waals surface area contributed by atoms with Gasteiger partial charge in [-0.1, -0.05) is 72.8 Å². The molecule has 1 atom stereocenters. The lowest BCUT2D eigenvalue weighted by Crippen LogP contribution is -2.36. The predicted octanol–water partition coefficient (Wildman–Crippen LogP) is 4.94. The van der Waals surface area contributed by atoms with Crippen LogP contribution in [0.15, 0.2) is 84.9 Å². The highest BCUT2D eigenvalue weighted by molar-refractivity contribution is 5.83. The Bertz CT molecular complexity index is 857. The van der Waals surface area contributed by atoms with Crippen LogP contribution in [0.2, 0.25) is 0 Å². The molecule has 0 saturated heterocycles. The van der Waals surface area contributed by atoms with Crippen LogP contribution in [0.4, 0.5) is 0 Å². The maximum absolute atomic E-state index is 12.5. The van der Waals surface area contributed by atoms with E-state index in [-0.39, 0.29) is 5.97 Å². The third-order valence-corrected chi connectivity index (χ3v) is 4.78. The van der Waals surface area contributed by atoms with Gasteiger partial charge in [-0.3, -0.25) is 4.79 Å². The summed E-state index contributed by atoms with van der Waals surface area (Å²) in [4.78, 5) is 12.5. The quantitative estimate of drug-likeness (QED) is 0.560. The zero-order valence-corrected chi connectivity index (χ0v) is 15.7. The van der Waals surface area contributed by atoms with Gasteiger partial charge in [0.1, 0.15) is 12.4 Å². The molecular weight excluding hydrogens is 336 g/mol. The first-order valence-electron chi connectivity index (χ1n) is 9.01. The van der Waals surface area contributed by atoms with Crippen LogP contribution in [0, 0.1) is 0 Å². The first-order valence-corrected chi connectivity index (χ1v) is 9.01. The molecule has 1 unspecified atom stereocenters. The summed E-state index contributed by atoms with van der Waals surface area (Å²) in [5, 5.41) is 0. The summed E-state index contributed by atoms with van der Waals surface area (Å²) in [7, 11) is 1.43. The summed E-state index contributed by atoms with van der Waals surface area (Å²) < 4.78 is 10.9. The van der Waals surface area contributed by atoms with E-state index >= 15 is 0 Å². The van der Waals surface area contributed by atoms with Crippen LogP contribution in [0.1, 0.15) is 23.6 Å². The highest BCUT2D eigenvalue weighted by atomic mass is 16.5. The number of hydrogen-bond acceptors (Lipinski definition) is 3. The monoisotopic (exact) mass is 360 g/mol. The Morgan fingerprint density at radius 1 is 0.815 bits per heavy atom. The molecule has 3 nitrogen and oxygen atoms in total. The molecular formula is C24H24O3. The van der Waals surface area contributed by atoms with Gasteiger partial charge in [-0.2, -0.15) is 0 Å². The number of carbonyl (C=O) groups excluding carboxylic acids is 1. The third-order valence-electron chi connectivity index (χ3n) is 4.78. The molecule has 3 aromatic carbocycles. The molecule has 0 heterocycles. The summed E-state index contributed by atoms with van der Waals surface area (Å²) in [6.45, 7) is 2.46. The predicted molar refractivity (Wildman–Crippen MR) is 107 cm³/mol. The Kier molecular flexibility index (Phi) is 5.92. The van der Waals surface area contributed by atoms with E-state index in [1.54, 1.807) is 0 Å². The Morgan fingerprint density at radius 2 is 1.41 bits per heavy atom. The average Bonchev–Trinajstić information content (AvgIpc) is 2.74. The van der Waals surface area contributed by atoms with Crippen LogP contribution in [0.3, 0.4) is 0 Å². The molecule has 0 N–H and O–H groups in total. The zero-order valence-electron chi connectivity index (χ0n) is 15.7. The summed E-state index contributed by atoms with van der Waals surface area (Å²) in [6.07, 6.45) is 0.558. The van der Waals surface area contributed by atoms with Crippen LogP contribution in [-0.2, 0) is 28.0 Å². The van der Waals surface area contributed by atoms with E-state index in [0.29, 0.717) is 13.0 Å². The SMILES string of the molecule is COC(=O)C(C)(Cc1ccc(OCc2ccccc2)cc1)c1ccccc1. The number of methoxy groups -OCH3 is 1. The molecule has 0 aliphatic heterocycles. The molecule has 0 fully saturated rings. The van der Waals surface area contributed by atoms with Crippen molar-refractivity contribution in [3.8, 4) is 5.75 Å². The zero-order chi connectivity index (χ0) is 19.1. The van der Waals surface area contributed by atoms with E-state index in [0.717, 1.165) is 22.4 Å². The highest BCUT2D eigenvalue weighted by Crippen LogP contribution is 2.30. The molecule has 3 heteroatoms. The Balaban J connectivity index is 1.72. The lowest BCUT2D eigenvalue weighted by molar-refractivity contribution is -0.146. The number of rotatable bonds is 7. The lowest BCUT2D eigenvalue weighted by Gasteiger charge is -2.27. The van der Waals surface area contributed by atoms with E-state index in [4.69, 9.17) is 9.47 Å². The largest absolute Gasteiger partial charge is 0.489 e. The second-order valence-electron chi connectivity index (χ2n) is 6.78. The van der Waals surface area contributed by atoms with Gasteiger partial charge in [0.2, 0.25) is 0 Å². The summed E-state index contributed by atoms with van der Waals surface area (Å²) in [6, 6.07) is 27.7. The number of ether oxygens (including phenoxy) is 2. The van der Waals surface area contributed by atoms with Crippen molar-refractivity contribution in [3.05, 3.63) is 102 Å². The van der Waals surface area contributed by atoms with Crippen molar-refractivity contribution in [1.82, 2.24) is 0 Å². The highest BCUT2D eigenvalue weighted by Gasteiger charge is 2.36. The topological polar surface area (TPSA) is 35.5 Å². The molecule has 0 saturated carbocycles. The number of esters is 1. The number of benzene rings is 3. The molecule has 0 amide bonds. The molecule has 27 heavy (non-hydrogen) atoms. The molecule has 138 valence electrons. The molecule has 0 spiro atoms. The van der Waals surface area contributed by atoms with Gasteiger partial charge >= 0.3 is 5.97 Å². The first-order chi connectivity index (χ1) is 13.1. The fourth-order valence-electron chi connectivity index (χ4n) is 3.18. The van der Waals surface area contributed by atoms with Crippen LogP contribution in [0.5, 0.6) is 5.75 Å². The van der Waals surface area contributed by atoms with E-state index in [1.807, 2.05) is 91.9 Å². The Hall–Kier alpha value is -3.07. The number of carbonyl (C=O) groups is 1. The van der Waals surface area contributed by atoms with E-state index in [1.165, 1.54) is 7.11 Å². The summed E-state index contributed by atoms with van der Waals surface area (Å²) in [5.74, 6) is 0.570. The minimum Gasteiger partial charge on any atom is -0.489 e.